The van der Waals surface area contributed by atoms with Gasteiger partial charge in [-0.15, -0.1) is 0 Å². The summed E-state index contributed by atoms with van der Waals surface area (Å²) in [6, 6.07) is 5.60. The van der Waals surface area contributed by atoms with Gasteiger partial charge in [-0.05, 0) is 37.6 Å². The molecule has 0 bridgehead atoms. The molecule has 4 nitrogen and oxygen atoms in total. The zero-order valence-corrected chi connectivity index (χ0v) is 9.87. The van der Waals surface area contributed by atoms with Crippen LogP contribution in [0.2, 0.25) is 0 Å². The molecule has 1 heterocycles. The summed E-state index contributed by atoms with van der Waals surface area (Å²) in [6.07, 6.45) is 2.83. The number of amides is 1. The van der Waals surface area contributed by atoms with Crippen molar-refractivity contribution in [2.24, 2.45) is 0 Å². The molecule has 1 fully saturated rings. The van der Waals surface area contributed by atoms with Crippen LogP contribution in [0.25, 0.3) is 0 Å². The maximum absolute atomic E-state index is 13.6. The predicted octanol–water partition coefficient (Wildman–Crippen LogP) is 1.78. The third-order valence-electron chi connectivity index (χ3n) is 2.98. The van der Waals surface area contributed by atoms with Gasteiger partial charge in [-0.2, -0.15) is 5.26 Å². The van der Waals surface area contributed by atoms with E-state index in [2.05, 4.69) is 10.6 Å². The molecule has 0 radical (unpaired) electrons. The van der Waals surface area contributed by atoms with E-state index in [1.54, 1.807) is 0 Å². The van der Waals surface area contributed by atoms with Crippen molar-refractivity contribution in [3.05, 3.63) is 29.6 Å². The molecule has 0 spiro atoms. The number of benzene rings is 1. The minimum atomic E-state index is -0.585. The van der Waals surface area contributed by atoms with Crippen LogP contribution in [-0.2, 0) is 4.79 Å². The lowest BCUT2D eigenvalue weighted by Crippen LogP contribution is -2.43. The van der Waals surface area contributed by atoms with Crippen LogP contribution >= 0.6 is 0 Å². The van der Waals surface area contributed by atoms with Gasteiger partial charge in [0, 0.05) is 0 Å². The Morgan fingerprint density at radius 2 is 2.33 bits per heavy atom. The fraction of sp³-hybridized carbons (Fsp3) is 0.385. The second kappa shape index (κ2) is 5.61. The quantitative estimate of drug-likeness (QED) is 0.837. The molecular weight excluding hydrogens is 233 g/mol. The van der Waals surface area contributed by atoms with E-state index in [9.17, 15) is 9.18 Å². The second-order valence-corrected chi connectivity index (χ2v) is 4.30. The molecule has 1 amide bonds. The lowest BCUT2D eigenvalue weighted by molar-refractivity contribution is -0.118. The van der Waals surface area contributed by atoms with Gasteiger partial charge in [0.2, 0.25) is 5.91 Å². The van der Waals surface area contributed by atoms with Crippen LogP contribution in [0.3, 0.4) is 0 Å². The van der Waals surface area contributed by atoms with Crippen LogP contribution in [0.5, 0.6) is 0 Å². The van der Waals surface area contributed by atoms with Crippen LogP contribution < -0.4 is 10.6 Å². The fourth-order valence-corrected chi connectivity index (χ4v) is 1.98. The largest absolute Gasteiger partial charge is 0.322 e. The first-order chi connectivity index (χ1) is 8.70. The maximum Gasteiger partial charge on any atom is 0.241 e. The van der Waals surface area contributed by atoms with Gasteiger partial charge in [-0.1, -0.05) is 6.42 Å². The predicted molar refractivity (Wildman–Crippen MR) is 65.4 cm³/mol. The van der Waals surface area contributed by atoms with E-state index in [4.69, 9.17) is 5.26 Å². The SMILES string of the molecule is N#Cc1ccc(NC(=O)[C@H]2CCCCN2)c(F)c1. The van der Waals surface area contributed by atoms with Gasteiger partial charge in [0.25, 0.3) is 0 Å². The van der Waals surface area contributed by atoms with Gasteiger partial charge >= 0.3 is 0 Å². The highest BCUT2D eigenvalue weighted by molar-refractivity contribution is 5.95. The first kappa shape index (κ1) is 12.5. The van der Waals surface area contributed by atoms with Gasteiger partial charge in [0.15, 0.2) is 0 Å². The topological polar surface area (TPSA) is 64.9 Å². The number of hydrogen-bond acceptors (Lipinski definition) is 3. The Morgan fingerprint density at radius 1 is 1.50 bits per heavy atom. The Bertz CT molecular complexity index is 489. The van der Waals surface area contributed by atoms with Crippen molar-refractivity contribution in [3.8, 4) is 6.07 Å². The minimum Gasteiger partial charge on any atom is -0.322 e. The van der Waals surface area contributed by atoms with Crippen LogP contribution in [-0.4, -0.2) is 18.5 Å². The number of nitriles is 1. The Morgan fingerprint density at radius 3 is 2.94 bits per heavy atom. The number of anilines is 1. The summed E-state index contributed by atoms with van der Waals surface area (Å²) in [4.78, 5) is 11.9. The first-order valence-electron chi connectivity index (χ1n) is 5.94. The summed E-state index contributed by atoms with van der Waals surface area (Å²) < 4.78 is 13.6. The van der Waals surface area contributed by atoms with E-state index in [0.717, 1.165) is 31.9 Å². The summed E-state index contributed by atoms with van der Waals surface area (Å²) in [6.45, 7) is 0.813. The van der Waals surface area contributed by atoms with E-state index in [-0.39, 0.29) is 23.2 Å². The second-order valence-electron chi connectivity index (χ2n) is 4.30. The summed E-state index contributed by atoms with van der Waals surface area (Å²) in [5, 5.41) is 14.3. The molecule has 18 heavy (non-hydrogen) atoms. The highest BCUT2D eigenvalue weighted by Gasteiger charge is 2.21. The van der Waals surface area contributed by atoms with Crippen LogP contribution in [0.4, 0.5) is 10.1 Å². The number of rotatable bonds is 2. The molecule has 0 aliphatic carbocycles. The number of carbonyl (C=O) groups is 1. The molecule has 1 aromatic rings. The lowest BCUT2D eigenvalue weighted by Gasteiger charge is -2.22. The van der Waals surface area contributed by atoms with E-state index in [1.165, 1.54) is 12.1 Å². The molecule has 0 aromatic heterocycles. The van der Waals surface area contributed by atoms with E-state index in [0.29, 0.717) is 0 Å². The highest BCUT2D eigenvalue weighted by Crippen LogP contribution is 2.17. The van der Waals surface area contributed by atoms with Crippen LogP contribution in [0.1, 0.15) is 24.8 Å². The van der Waals surface area contributed by atoms with E-state index < -0.39 is 5.82 Å². The summed E-state index contributed by atoms with van der Waals surface area (Å²) in [5.41, 5.74) is 0.354. The Balaban J connectivity index is 2.04. The molecule has 1 aromatic carbocycles. The van der Waals surface area contributed by atoms with Gasteiger partial charge in [-0.3, -0.25) is 4.79 Å². The van der Waals surface area contributed by atoms with Crippen molar-refractivity contribution in [2.75, 3.05) is 11.9 Å². The Kier molecular flexibility index (Phi) is 3.90. The van der Waals surface area contributed by atoms with Crippen LogP contribution in [0, 0.1) is 17.1 Å². The summed E-state index contributed by atoms with van der Waals surface area (Å²) in [5.74, 6) is -0.809. The lowest BCUT2D eigenvalue weighted by atomic mass is 10.0. The number of hydrogen-bond donors (Lipinski definition) is 2. The number of piperidine rings is 1. The maximum atomic E-state index is 13.6. The standard InChI is InChI=1S/C13H14FN3O/c14-10-7-9(8-15)4-5-11(10)17-13(18)12-3-1-2-6-16-12/h4-5,7,12,16H,1-3,6H2,(H,17,18)/t12-/m1/s1. The van der Waals surface area contributed by atoms with Crippen molar-refractivity contribution < 1.29 is 9.18 Å². The number of nitrogens with one attached hydrogen (secondary N) is 2. The molecule has 1 atom stereocenters. The van der Waals surface area contributed by atoms with Gasteiger partial charge < -0.3 is 10.6 Å². The van der Waals surface area contributed by atoms with Gasteiger partial charge in [0.1, 0.15) is 5.82 Å². The van der Waals surface area contributed by atoms with Crippen molar-refractivity contribution in [3.63, 3.8) is 0 Å². The first-order valence-corrected chi connectivity index (χ1v) is 5.94. The molecular formula is C13H14FN3O. The monoisotopic (exact) mass is 247 g/mol. The molecule has 1 aliphatic rings. The van der Waals surface area contributed by atoms with Crippen molar-refractivity contribution >= 4 is 11.6 Å². The molecule has 1 aliphatic heterocycles. The van der Waals surface area contributed by atoms with Gasteiger partial charge in [0.05, 0.1) is 23.4 Å². The highest BCUT2D eigenvalue weighted by atomic mass is 19.1. The van der Waals surface area contributed by atoms with E-state index >= 15 is 0 Å². The number of halogens is 1. The third-order valence-corrected chi connectivity index (χ3v) is 2.98. The fourth-order valence-electron chi connectivity index (χ4n) is 1.98. The number of carbonyl (C=O) groups excluding carboxylic acids is 1. The zero-order chi connectivity index (χ0) is 13.0. The Labute approximate surface area is 105 Å². The average molecular weight is 247 g/mol. The van der Waals surface area contributed by atoms with Gasteiger partial charge in [-0.25, -0.2) is 4.39 Å². The van der Waals surface area contributed by atoms with Crippen LogP contribution in [0.15, 0.2) is 18.2 Å². The minimum absolute atomic E-state index is 0.117. The van der Waals surface area contributed by atoms with Crippen molar-refractivity contribution in [1.29, 1.82) is 5.26 Å². The molecule has 2 N–H and O–H groups in total. The Hall–Kier alpha value is -1.93. The molecule has 1 saturated heterocycles. The molecule has 5 heteroatoms. The number of nitrogens with zero attached hydrogens (tertiary/aromatic N) is 1. The molecule has 2 rings (SSSR count). The third kappa shape index (κ3) is 2.84. The smallest absolute Gasteiger partial charge is 0.241 e. The molecule has 94 valence electrons. The molecule has 0 unspecified atom stereocenters. The zero-order valence-electron chi connectivity index (χ0n) is 9.87. The van der Waals surface area contributed by atoms with E-state index in [1.807, 2.05) is 6.07 Å². The normalized spacial score (nSPS) is 19.0. The average Bonchev–Trinajstić information content (AvgIpc) is 2.42. The van der Waals surface area contributed by atoms with Crippen molar-refractivity contribution in [2.45, 2.75) is 25.3 Å². The summed E-state index contributed by atoms with van der Waals surface area (Å²) >= 11 is 0. The van der Waals surface area contributed by atoms with Crippen molar-refractivity contribution in [1.82, 2.24) is 5.32 Å². The molecule has 0 saturated carbocycles. The summed E-state index contributed by atoms with van der Waals surface area (Å²) in [7, 11) is 0.